The molecule has 7 heteroatoms. The van der Waals surface area contributed by atoms with Crippen LogP contribution in [0.2, 0.25) is 10.0 Å². The monoisotopic (exact) mass is 326 g/mol. The molecule has 1 N–H and O–H groups in total. The highest BCUT2D eigenvalue weighted by atomic mass is 35.5. The summed E-state index contributed by atoms with van der Waals surface area (Å²) in [6.45, 7) is 0.744. The van der Waals surface area contributed by atoms with E-state index in [1.165, 1.54) is 0 Å². The summed E-state index contributed by atoms with van der Waals surface area (Å²) in [7, 11) is 1.91. The van der Waals surface area contributed by atoms with Crippen LogP contribution in [0.15, 0.2) is 24.4 Å². The maximum absolute atomic E-state index is 6.08. The molecule has 0 atom stereocenters. The van der Waals surface area contributed by atoms with Crippen molar-refractivity contribution in [3.05, 3.63) is 44.9 Å². The van der Waals surface area contributed by atoms with Crippen LogP contribution in [0.1, 0.15) is 5.69 Å². The minimum atomic E-state index is 0.521. The lowest BCUT2D eigenvalue weighted by Gasteiger charge is -2.04. The van der Waals surface area contributed by atoms with Gasteiger partial charge >= 0.3 is 0 Å². The number of nitrogens with one attached hydrogen (secondary N) is 1. The molecule has 4 nitrogen and oxygen atoms in total. The van der Waals surface area contributed by atoms with Crippen molar-refractivity contribution in [1.29, 1.82) is 0 Å². The summed E-state index contributed by atoms with van der Waals surface area (Å²) in [5.74, 6) is 0. The normalized spacial score (nSPS) is 11.3. The number of H-pyrrole nitrogens is 1. The number of nitrogens with zero attached hydrogens (tertiary/aromatic N) is 3. The maximum Gasteiger partial charge on any atom is 0.178 e. The Morgan fingerprint density at radius 3 is 2.75 bits per heavy atom. The fraction of sp³-hybridized carbons (Fsp3) is 0.231. The molecule has 3 aromatic rings. The smallest absolute Gasteiger partial charge is 0.178 e. The quantitative estimate of drug-likeness (QED) is 0.739. The summed E-state index contributed by atoms with van der Waals surface area (Å²) in [5.41, 5.74) is 2.88. The molecule has 0 aliphatic carbocycles. The number of aromatic amines is 1. The lowest BCUT2D eigenvalue weighted by atomic mass is 10.3. The molecule has 0 amide bonds. The average molecular weight is 327 g/mol. The molecule has 0 saturated heterocycles. The summed E-state index contributed by atoms with van der Waals surface area (Å²) < 4.78 is 4.47. The van der Waals surface area contributed by atoms with Crippen LogP contribution >= 0.6 is 35.4 Å². The second-order valence-corrected chi connectivity index (χ2v) is 5.80. The van der Waals surface area contributed by atoms with Crippen LogP contribution in [0.4, 0.5) is 0 Å². The van der Waals surface area contributed by atoms with Crippen LogP contribution < -0.4 is 0 Å². The molecule has 0 fully saturated rings. The standard InChI is InChI=1S/C13H12Cl2N4S/c1-18-4-2-8(17-18)3-5-19-12-7-10(15)9(14)6-11(12)16-13(19)20/h2,4,6-7H,3,5H2,1H3,(H,16,20). The van der Waals surface area contributed by atoms with Crippen molar-refractivity contribution in [2.24, 2.45) is 7.05 Å². The van der Waals surface area contributed by atoms with Gasteiger partial charge in [-0.1, -0.05) is 23.2 Å². The van der Waals surface area contributed by atoms with Crippen molar-refractivity contribution in [3.63, 3.8) is 0 Å². The number of aromatic nitrogens is 4. The van der Waals surface area contributed by atoms with Crippen molar-refractivity contribution < 1.29 is 0 Å². The van der Waals surface area contributed by atoms with Crippen LogP contribution in [-0.2, 0) is 20.0 Å². The van der Waals surface area contributed by atoms with Crippen molar-refractivity contribution in [2.45, 2.75) is 13.0 Å². The summed E-state index contributed by atoms with van der Waals surface area (Å²) in [4.78, 5) is 3.15. The third kappa shape index (κ3) is 2.49. The highest BCUT2D eigenvalue weighted by Gasteiger charge is 2.08. The Labute approximate surface area is 130 Å². The van der Waals surface area contributed by atoms with E-state index < -0.39 is 0 Å². The Balaban J connectivity index is 1.96. The topological polar surface area (TPSA) is 38.5 Å². The Morgan fingerprint density at radius 2 is 2.05 bits per heavy atom. The molecule has 0 radical (unpaired) electrons. The molecule has 1 aromatic carbocycles. The fourth-order valence-electron chi connectivity index (χ4n) is 2.20. The summed E-state index contributed by atoms with van der Waals surface area (Å²) in [6, 6.07) is 5.64. The van der Waals surface area contributed by atoms with Crippen molar-refractivity contribution >= 4 is 46.5 Å². The first kappa shape index (κ1) is 13.7. The van der Waals surface area contributed by atoms with Gasteiger partial charge in [0.2, 0.25) is 0 Å². The molecule has 0 aliphatic heterocycles. The number of aryl methyl sites for hydroxylation is 3. The third-order valence-electron chi connectivity index (χ3n) is 3.18. The van der Waals surface area contributed by atoms with E-state index in [-0.39, 0.29) is 0 Å². The van der Waals surface area contributed by atoms with Gasteiger partial charge in [0.25, 0.3) is 0 Å². The minimum Gasteiger partial charge on any atom is -0.331 e. The van der Waals surface area contributed by atoms with Crippen molar-refractivity contribution in [1.82, 2.24) is 19.3 Å². The number of hydrogen-bond donors (Lipinski definition) is 1. The van der Waals surface area contributed by atoms with Gasteiger partial charge in [0.15, 0.2) is 4.77 Å². The Morgan fingerprint density at radius 1 is 1.30 bits per heavy atom. The van der Waals surface area contributed by atoms with E-state index in [0.29, 0.717) is 14.8 Å². The van der Waals surface area contributed by atoms with Crippen LogP contribution in [0.3, 0.4) is 0 Å². The van der Waals surface area contributed by atoms with Gasteiger partial charge in [-0.3, -0.25) is 4.68 Å². The predicted octanol–water partition coefficient (Wildman–Crippen LogP) is 3.98. The zero-order chi connectivity index (χ0) is 14.3. The van der Waals surface area contributed by atoms with E-state index in [9.17, 15) is 0 Å². The molecule has 2 heterocycles. The lowest BCUT2D eigenvalue weighted by Crippen LogP contribution is -2.02. The second kappa shape index (κ2) is 5.24. The van der Waals surface area contributed by atoms with Gasteiger partial charge in [-0.15, -0.1) is 0 Å². The molecular weight excluding hydrogens is 315 g/mol. The van der Waals surface area contributed by atoms with Gasteiger partial charge in [0.1, 0.15) is 0 Å². The number of benzene rings is 1. The van der Waals surface area contributed by atoms with Gasteiger partial charge in [-0.2, -0.15) is 5.10 Å². The number of hydrogen-bond acceptors (Lipinski definition) is 2. The van der Waals surface area contributed by atoms with E-state index in [0.717, 1.165) is 29.7 Å². The summed E-state index contributed by atoms with van der Waals surface area (Å²) in [6.07, 6.45) is 2.74. The maximum atomic E-state index is 6.08. The number of halogens is 2. The molecule has 0 saturated carbocycles. The average Bonchev–Trinajstić information content (AvgIpc) is 2.92. The molecule has 0 bridgehead atoms. The zero-order valence-electron chi connectivity index (χ0n) is 10.7. The predicted molar refractivity (Wildman–Crippen MR) is 84.1 cm³/mol. The minimum absolute atomic E-state index is 0.521. The van der Waals surface area contributed by atoms with E-state index >= 15 is 0 Å². The van der Waals surface area contributed by atoms with Crippen LogP contribution in [0.5, 0.6) is 0 Å². The first-order valence-electron chi connectivity index (χ1n) is 6.10. The molecule has 20 heavy (non-hydrogen) atoms. The van der Waals surface area contributed by atoms with E-state index in [1.807, 2.05) is 29.9 Å². The van der Waals surface area contributed by atoms with Gasteiger partial charge in [0.05, 0.1) is 26.8 Å². The highest BCUT2D eigenvalue weighted by Crippen LogP contribution is 2.27. The van der Waals surface area contributed by atoms with Crippen molar-refractivity contribution in [3.8, 4) is 0 Å². The number of imidazole rings is 1. The third-order valence-corrected chi connectivity index (χ3v) is 4.22. The first-order valence-corrected chi connectivity index (χ1v) is 7.27. The molecule has 3 rings (SSSR count). The molecule has 0 aliphatic rings. The molecule has 0 unspecified atom stereocenters. The lowest BCUT2D eigenvalue weighted by molar-refractivity contribution is 0.671. The van der Waals surface area contributed by atoms with E-state index in [1.54, 1.807) is 10.7 Å². The van der Waals surface area contributed by atoms with Gasteiger partial charge in [-0.25, -0.2) is 0 Å². The number of fused-ring (bicyclic) bond motifs is 1. The summed E-state index contributed by atoms with van der Waals surface area (Å²) in [5, 5.41) is 5.41. The zero-order valence-corrected chi connectivity index (χ0v) is 13.1. The van der Waals surface area contributed by atoms with E-state index in [4.69, 9.17) is 35.4 Å². The second-order valence-electron chi connectivity index (χ2n) is 4.60. The molecule has 104 valence electrons. The largest absolute Gasteiger partial charge is 0.331 e. The SMILES string of the molecule is Cn1ccc(CCn2c(=S)[nH]c3cc(Cl)c(Cl)cc32)n1. The van der Waals surface area contributed by atoms with Crippen LogP contribution in [-0.4, -0.2) is 19.3 Å². The van der Waals surface area contributed by atoms with Crippen molar-refractivity contribution in [2.75, 3.05) is 0 Å². The highest BCUT2D eigenvalue weighted by molar-refractivity contribution is 7.71. The van der Waals surface area contributed by atoms with Gasteiger partial charge in [-0.05, 0) is 30.4 Å². The van der Waals surface area contributed by atoms with Crippen LogP contribution in [0.25, 0.3) is 11.0 Å². The first-order chi connectivity index (χ1) is 9.54. The molecule has 2 aromatic heterocycles. The molecular formula is C13H12Cl2N4S. The van der Waals surface area contributed by atoms with Gasteiger partial charge in [0, 0.05) is 26.2 Å². The Bertz CT molecular complexity index is 831. The number of rotatable bonds is 3. The van der Waals surface area contributed by atoms with E-state index in [2.05, 4.69) is 10.1 Å². The summed E-state index contributed by atoms with van der Waals surface area (Å²) >= 11 is 17.5. The Hall–Kier alpha value is -1.30. The van der Waals surface area contributed by atoms with Gasteiger partial charge < -0.3 is 9.55 Å². The molecule has 0 spiro atoms. The Kier molecular flexibility index (Phi) is 3.58. The van der Waals surface area contributed by atoms with Crippen LogP contribution in [0, 0.1) is 4.77 Å². The fourth-order valence-corrected chi connectivity index (χ4v) is 2.82.